The summed E-state index contributed by atoms with van der Waals surface area (Å²) < 4.78 is 15.8. The van der Waals surface area contributed by atoms with Crippen molar-refractivity contribution in [2.24, 2.45) is 0 Å². The van der Waals surface area contributed by atoms with Crippen molar-refractivity contribution in [3.05, 3.63) is 29.3 Å². The maximum atomic E-state index is 9.96. The highest BCUT2D eigenvalue weighted by Crippen LogP contribution is 2.32. The molecule has 2 rings (SSSR count). The molecular weight excluding hydrogens is 244 g/mol. The van der Waals surface area contributed by atoms with Crippen molar-refractivity contribution >= 4 is 0 Å². The normalized spacial score (nSPS) is 18.1. The van der Waals surface area contributed by atoms with Crippen molar-refractivity contribution in [3.63, 3.8) is 0 Å². The maximum absolute atomic E-state index is 9.96. The first-order valence-corrected chi connectivity index (χ1v) is 6.81. The predicted molar refractivity (Wildman–Crippen MR) is 72.5 cm³/mol. The zero-order valence-corrected chi connectivity index (χ0v) is 11.4. The third kappa shape index (κ3) is 4.20. The van der Waals surface area contributed by atoms with Gasteiger partial charge in [0.15, 0.2) is 0 Å². The molecule has 0 heterocycles. The van der Waals surface area contributed by atoms with Crippen LogP contribution in [0.3, 0.4) is 0 Å². The third-order valence-corrected chi connectivity index (χ3v) is 3.33. The number of rotatable bonds is 7. The molecule has 1 aliphatic rings. The van der Waals surface area contributed by atoms with Crippen molar-refractivity contribution in [1.29, 1.82) is 0 Å². The molecule has 1 atom stereocenters. The quantitative estimate of drug-likeness (QED) is 0.768. The van der Waals surface area contributed by atoms with Gasteiger partial charge in [0.2, 0.25) is 0 Å². The number of benzene rings is 1. The molecule has 106 valence electrons. The second-order valence-electron chi connectivity index (χ2n) is 4.72. The summed E-state index contributed by atoms with van der Waals surface area (Å²) >= 11 is 0. The van der Waals surface area contributed by atoms with Gasteiger partial charge in [0.25, 0.3) is 0 Å². The molecule has 1 aliphatic carbocycles. The summed E-state index contributed by atoms with van der Waals surface area (Å²) in [6, 6.07) is 5.97. The Morgan fingerprint density at radius 2 is 2.05 bits per heavy atom. The number of aliphatic hydroxyl groups is 1. The van der Waals surface area contributed by atoms with E-state index < -0.39 is 0 Å². The molecule has 1 unspecified atom stereocenters. The second-order valence-corrected chi connectivity index (χ2v) is 4.72. The van der Waals surface area contributed by atoms with Crippen molar-refractivity contribution < 1.29 is 19.3 Å². The van der Waals surface area contributed by atoms with E-state index in [2.05, 4.69) is 6.07 Å². The molecule has 4 nitrogen and oxygen atoms in total. The fourth-order valence-corrected chi connectivity index (χ4v) is 2.30. The Morgan fingerprint density at radius 3 is 2.89 bits per heavy atom. The molecule has 0 saturated carbocycles. The number of hydrogen-bond donors (Lipinski definition) is 1. The van der Waals surface area contributed by atoms with E-state index in [0.717, 1.165) is 30.6 Å². The Hall–Kier alpha value is -1.10. The smallest absolute Gasteiger partial charge is 0.119 e. The highest BCUT2D eigenvalue weighted by Gasteiger charge is 2.18. The van der Waals surface area contributed by atoms with Crippen LogP contribution in [0.1, 0.15) is 30.1 Å². The van der Waals surface area contributed by atoms with Crippen LogP contribution < -0.4 is 4.74 Å². The second kappa shape index (κ2) is 7.48. The Morgan fingerprint density at radius 1 is 1.21 bits per heavy atom. The number of methoxy groups -OCH3 is 1. The molecule has 0 saturated heterocycles. The zero-order valence-electron chi connectivity index (χ0n) is 11.4. The Bertz CT molecular complexity index is 392. The molecule has 0 radical (unpaired) electrons. The van der Waals surface area contributed by atoms with Crippen molar-refractivity contribution in [2.75, 3.05) is 33.5 Å². The van der Waals surface area contributed by atoms with Gasteiger partial charge in [-0.3, -0.25) is 0 Å². The fraction of sp³-hybridized carbons (Fsp3) is 0.600. The van der Waals surface area contributed by atoms with E-state index in [1.165, 1.54) is 5.56 Å². The molecule has 1 N–H and O–H groups in total. The Labute approximate surface area is 114 Å². The summed E-state index contributed by atoms with van der Waals surface area (Å²) in [6.07, 6.45) is 2.61. The first kappa shape index (κ1) is 14.3. The van der Waals surface area contributed by atoms with Gasteiger partial charge in [-0.25, -0.2) is 0 Å². The SMILES string of the molecule is COCCOCCOc1ccc2c(c1)C(O)CCC2. The van der Waals surface area contributed by atoms with Gasteiger partial charge >= 0.3 is 0 Å². The van der Waals surface area contributed by atoms with Crippen LogP contribution >= 0.6 is 0 Å². The van der Waals surface area contributed by atoms with Crippen molar-refractivity contribution in [1.82, 2.24) is 0 Å². The number of ether oxygens (including phenoxy) is 3. The average Bonchev–Trinajstić information content (AvgIpc) is 2.43. The number of aryl methyl sites for hydroxylation is 1. The minimum atomic E-state index is -0.342. The van der Waals surface area contributed by atoms with Crippen LogP contribution in [0.15, 0.2) is 18.2 Å². The minimum Gasteiger partial charge on any atom is -0.491 e. The van der Waals surface area contributed by atoms with E-state index >= 15 is 0 Å². The van der Waals surface area contributed by atoms with Gasteiger partial charge in [0.05, 0.1) is 25.9 Å². The molecule has 0 bridgehead atoms. The van der Waals surface area contributed by atoms with Gasteiger partial charge in [0, 0.05) is 7.11 Å². The summed E-state index contributed by atoms with van der Waals surface area (Å²) in [5, 5.41) is 9.96. The monoisotopic (exact) mass is 266 g/mol. The maximum Gasteiger partial charge on any atom is 0.119 e. The Balaban J connectivity index is 1.79. The van der Waals surface area contributed by atoms with Crippen molar-refractivity contribution in [2.45, 2.75) is 25.4 Å². The summed E-state index contributed by atoms with van der Waals surface area (Å²) in [5.41, 5.74) is 2.26. The van der Waals surface area contributed by atoms with E-state index in [1.54, 1.807) is 7.11 Å². The molecule has 1 aromatic rings. The van der Waals surface area contributed by atoms with Crippen LogP contribution in [0, 0.1) is 0 Å². The predicted octanol–water partition coefficient (Wildman–Crippen LogP) is 2.10. The first-order valence-electron chi connectivity index (χ1n) is 6.81. The molecule has 0 amide bonds. The molecule has 0 aromatic heterocycles. The summed E-state index contributed by atoms with van der Waals surface area (Å²) in [7, 11) is 1.65. The summed E-state index contributed by atoms with van der Waals surface area (Å²) in [6.45, 7) is 2.25. The zero-order chi connectivity index (χ0) is 13.5. The molecular formula is C15H22O4. The topological polar surface area (TPSA) is 47.9 Å². The lowest BCUT2D eigenvalue weighted by molar-refractivity contribution is 0.0543. The standard InChI is InChI=1S/C15H22O4/c1-17-7-8-18-9-10-19-13-6-5-12-3-2-4-15(16)14(12)11-13/h5-6,11,15-16H,2-4,7-10H2,1H3. The van der Waals surface area contributed by atoms with Gasteiger partial charge in [0.1, 0.15) is 12.4 Å². The van der Waals surface area contributed by atoms with Crippen LogP contribution in [-0.4, -0.2) is 38.6 Å². The molecule has 4 heteroatoms. The number of fused-ring (bicyclic) bond motifs is 1. The van der Waals surface area contributed by atoms with Crippen LogP contribution in [0.25, 0.3) is 0 Å². The van der Waals surface area contributed by atoms with E-state index in [9.17, 15) is 5.11 Å². The van der Waals surface area contributed by atoms with Gasteiger partial charge in [-0.05, 0) is 42.5 Å². The first-order chi connectivity index (χ1) is 9.31. The molecule has 19 heavy (non-hydrogen) atoms. The average molecular weight is 266 g/mol. The highest BCUT2D eigenvalue weighted by molar-refractivity contribution is 5.38. The molecule has 0 fully saturated rings. The van der Waals surface area contributed by atoms with Crippen molar-refractivity contribution in [3.8, 4) is 5.75 Å². The van der Waals surface area contributed by atoms with Crippen LogP contribution in [0.2, 0.25) is 0 Å². The number of hydrogen-bond acceptors (Lipinski definition) is 4. The molecule has 0 aliphatic heterocycles. The van der Waals surface area contributed by atoms with Gasteiger partial charge in [-0.15, -0.1) is 0 Å². The molecule has 1 aromatic carbocycles. The lowest BCUT2D eigenvalue weighted by Crippen LogP contribution is -2.12. The van der Waals surface area contributed by atoms with Gasteiger partial charge in [-0.1, -0.05) is 6.07 Å². The van der Waals surface area contributed by atoms with Gasteiger partial charge in [-0.2, -0.15) is 0 Å². The van der Waals surface area contributed by atoms with Crippen LogP contribution in [-0.2, 0) is 15.9 Å². The minimum absolute atomic E-state index is 0.342. The van der Waals surface area contributed by atoms with E-state index in [0.29, 0.717) is 26.4 Å². The van der Waals surface area contributed by atoms with E-state index in [-0.39, 0.29) is 6.10 Å². The van der Waals surface area contributed by atoms with Gasteiger partial charge < -0.3 is 19.3 Å². The fourth-order valence-electron chi connectivity index (χ4n) is 2.30. The van der Waals surface area contributed by atoms with E-state index in [4.69, 9.17) is 14.2 Å². The summed E-state index contributed by atoms with van der Waals surface area (Å²) in [4.78, 5) is 0. The highest BCUT2D eigenvalue weighted by atomic mass is 16.5. The Kier molecular flexibility index (Phi) is 5.63. The molecule has 0 spiro atoms. The van der Waals surface area contributed by atoms with Crippen LogP contribution in [0.5, 0.6) is 5.75 Å². The largest absolute Gasteiger partial charge is 0.491 e. The van der Waals surface area contributed by atoms with E-state index in [1.807, 2.05) is 12.1 Å². The summed E-state index contributed by atoms with van der Waals surface area (Å²) in [5.74, 6) is 0.801. The third-order valence-electron chi connectivity index (χ3n) is 3.33. The van der Waals surface area contributed by atoms with Crippen LogP contribution in [0.4, 0.5) is 0 Å². The lowest BCUT2D eigenvalue weighted by atomic mass is 9.89. The lowest BCUT2D eigenvalue weighted by Gasteiger charge is -2.22. The number of aliphatic hydroxyl groups excluding tert-OH is 1.